The molecule has 0 amide bonds. The summed E-state index contributed by atoms with van der Waals surface area (Å²) < 4.78 is 8.50. The van der Waals surface area contributed by atoms with E-state index in [-0.39, 0.29) is 30.9 Å². The number of aromatic nitrogens is 4. The van der Waals surface area contributed by atoms with Gasteiger partial charge in [-0.3, -0.25) is 4.57 Å². The van der Waals surface area contributed by atoms with Crippen LogP contribution < -0.4 is 11.4 Å². The van der Waals surface area contributed by atoms with Crippen molar-refractivity contribution in [3.63, 3.8) is 0 Å². The summed E-state index contributed by atoms with van der Waals surface area (Å²) in [6.07, 6.45) is 7.33. The van der Waals surface area contributed by atoms with Crippen LogP contribution in [0.1, 0.15) is 19.1 Å². The largest absolute Gasteiger partial charge is 0.394 e. The molecule has 2 atom stereocenters. The fourth-order valence-corrected chi connectivity index (χ4v) is 2.59. The highest BCUT2D eigenvalue weighted by Crippen LogP contribution is 2.29. The number of fused-ring (bicyclic) bond motifs is 1. The van der Waals surface area contributed by atoms with Crippen molar-refractivity contribution >= 4 is 17.1 Å². The Bertz CT molecular complexity index is 772. The molecule has 8 nitrogen and oxygen atoms in total. The van der Waals surface area contributed by atoms with E-state index in [1.165, 1.54) is 15.3 Å². The Kier molecular flexibility index (Phi) is 3.37. The van der Waals surface area contributed by atoms with Crippen molar-refractivity contribution in [1.82, 2.24) is 19.1 Å². The third-order valence-electron chi connectivity index (χ3n) is 3.55. The fraction of sp³-hybridized carbons (Fsp3) is 0.462. The number of hydrogen-bond acceptors (Lipinski definition) is 6. The van der Waals surface area contributed by atoms with Gasteiger partial charge in [-0.25, -0.2) is 14.3 Å². The van der Waals surface area contributed by atoms with E-state index in [0.717, 1.165) is 0 Å². The van der Waals surface area contributed by atoms with E-state index in [9.17, 15) is 4.79 Å². The average molecular weight is 289 g/mol. The average Bonchev–Trinajstić information content (AvgIpc) is 3.03. The molecule has 1 saturated heterocycles. The minimum absolute atomic E-state index is 0.0748. The zero-order valence-corrected chi connectivity index (χ0v) is 11.3. The zero-order chi connectivity index (χ0) is 15.0. The Morgan fingerprint density at radius 3 is 3.05 bits per heavy atom. The maximum Gasteiger partial charge on any atom is 0.333 e. The van der Waals surface area contributed by atoms with Crippen LogP contribution in [0.2, 0.25) is 0 Å². The van der Waals surface area contributed by atoms with Crippen molar-refractivity contribution < 1.29 is 9.84 Å². The zero-order valence-electron chi connectivity index (χ0n) is 11.3. The van der Waals surface area contributed by atoms with Gasteiger partial charge in [0.05, 0.1) is 25.5 Å². The molecule has 1 aliphatic heterocycles. The molecule has 2 aromatic heterocycles. The molecular weight excluding hydrogens is 274 g/mol. The highest BCUT2D eigenvalue weighted by molar-refractivity contribution is 5.72. The summed E-state index contributed by atoms with van der Waals surface area (Å²) in [7, 11) is 0. The summed E-state index contributed by atoms with van der Waals surface area (Å²) >= 11 is 0. The van der Waals surface area contributed by atoms with Gasteiger partial charge >= 0.3 is 5.69 Å². The Morgan fingerprint density at radius 1 is 1.57 bits per heavy atom. The van der Waals surface area contributed by atoms with Gasteiger partial charge in [-0.2, -0.15) is 4.98 Å². The molecule has 0 saturated carbocycles. The molecule has 0 aromatic carbocycles. The number of anilines is 1. The van der Waals surface area contributed by atoms with E-state index in [4.69, 9.17) is 22.0 Å². The number of terminal acetylenes is 1. The predicted octanol–water partition coefficient (Wildman–Crippen LogP) is -0.522. The van der Waals surface area contributed by atoms with Gasteiger partial charge in [0.1, 0.15) is 11.7 Å². The van der Waals surface area contributed by atoms with E-state index < -0.39 is 6.23 Å². The van der Waals surface area contributed by atoms with Crippen LogP contribution in [0.4, 0.5) is 5.95 Å². The van der Waals surface area contributed by atoms with Crippen LogP contribution in [0.3, 0.4) is 0 Å². The molecular formula is C13H15N5O3. The number of imidazole rings is 1. The number of aliphatic hydroxyl groups excluding tert-OH is 1. The maximum absolute atomic E-state index is 12.6. The lowest BCUT2D eigenvalue weighted by Crippen LogP contribution is -2.28. The van der Waals surface area contributed by atoms with Gasteiger partial charge < -0.3 is 15.6 Å². The molecule has 2 aromatic rings. The third kappa shape index (κ3) is 2.16. The quantitative estimate of drug-likeness (QED) is 0.736. The summed E-state index contributed by atoms with van der Waals surface area (Å²) in [5, 5.41) is 9.16. The molecule has 0 radical (unpaired) electrons. The van der Waals surface area contributed by atoms with Crippen LogP contribution >= 0.6 is 0 Å². The van der Waals surface area contributed by atoms with Crippen molar-refractivity contribution in [3.05, 3.63) is 16.7 Å². The molecule has 3 N–H and O–H groups in total. The van der Waals surface area contributed by atoms with E-state index in [0.29, 0.717) is 24.0 Å². The monoisotopic (exact) mass is 289 g/mol. The number of nitrogens with two attached hydrogens (primary N) is 1. The lowest BCUT2D eigenvalue weighted by atomic mass is 10.2. The molecule has 1 aliphatic rings. The molecule has 21 heavy (non-hydrogen) atoms. The molecule has 0 aliphatic carbocycles. The Balaban J connectivity index is 2.18. The molecule has 0 spiro atoms. The molecule has 3 heterocycles. The summed E-state index contributed by atoms with van der Waals surface area (Å²) in [4.78, 5) is 20.6. The number of hydrogen-bond donors (Lipinski definition) is 2. The second kappa shape index (κ2) is 5.20. The SMILES string of the molecule is C#CCn1c(=O)n(C2CCC(CO)O2)c2nc(N)ncc21. The number of aliphatic hydroxyl groups is 1. The standard InChI is InChI=1S/C13H15N5O3/c1-2-5-17-9-6-15-12(14)16-11(9)18(13(17)20)10-4-3-8(7-19)21-10/h1,6,8,10,19H,3-5,7H2,(H2,14,15,16). The van der Waals surface area contributed by atoms with Crippen molar-refractivity contribution in [2.24, 2.45) is 0 Å². The van der Waals surface area contributed by atoms with Crippen LogP contribution in [0.25, 0.3) is 11.2 Å². The molecule has 8 heteroatoms. The Hall–Kier alpha value is -2.37. The number of ether oxygens (including phenoxy) is 1. The molecule has 3 rings (SSSR count). The summed E-state index contributed by atoms with van der Waals surface area (Å²) in [5.74, 6) is 2.51. The van der Waals surface area contributed by atoms with Crippen molar-refractivity contribution in [1.29, 1.82) is 0 Å². The molecule has 1 fully saturated rings. The predicted molar refractivity (Wildman–Crippen MR) is 75.3 cm³/mol. The maximum atomic E-state index is 12.6. The summed E-state index contributed by atoms with van der Waals surface area (Å²) in [6.45, 7) is 0.0388. The van der Waals surface area contributed by atoms with Crippen molar-refractivity contribution in [2.75, 3.05) is 12.3 Å². The molecule has 0 bridgehead atoms. The van der Waals surface area contributed by atoms with Crippen molar-refractivity contribution in [3.8, 4) is 12.3 Å². The van der Waals surface area contributed by atoms with Crippen LogP contribution in [0.5, 0.6) is 0 Å². The molecule has 110 valence electrons. The Morgan fingerprint density at radius 2 is 2.38 bits per heavy atom. The highest BCUT2D eigenvalue weighted by atomic mass is 16.5. The second-order valence-corrected chi connectivity index (χ2v) is 4.85. The van der Waals surface area contributed by atoms with Gasteiger partial charge in [-0.1, -0.05) is 5.92 Å². The van der Waals surface area contributed by atoms with Crippen LogP contribution in [-0.4, -0.2) is 36.9 Å². The van der Waals surface area contributed by atoms with Gasteiger partial charge in [0.2, 0.25) is 5.95 Å². The minimum Gasteiger partial charge on any atom is -0.394 e. The first-order valence-corrected chi connectivity index (χ1v) is 6.58. The Labute approximate surface area is 120 Å². The van der Waals surface area contributed by atoms with Gasteiger partial charge in [-0.15, -0.1) is 6.42 Å². The van der Waals surface area contributed by atoms with Gasteiger partial charge in [0, 0.05) is 0 Å². The number of nitrogen functional groups attached to an aromatic ring is 1. The lowest BCUT2D eigenvalue weighted by Gasteiger charge is -2.13. The highest BCUT2D eigenvalue weighted by Gasteiger charge is 2.30. The van der Waals surface area contributed by atoms with Gasteiger partial charge in [0.25, 0.3) is 0 Å². The first kappa shape index (κ1) is 13.6. The van der Waals surface area contributed by atoms with Gasteiger partial charge in [0.15, 0.2) is 5.65 Å². The second-order valence-electron chi connectivity index (χ2n) is 4.85. The van der Waals surface area contributed by atoms with Gasteiger partial charge in [-0.05, 0) is 12.8 Å². The minimum atomic E-state index is -0.481. The fourth-order valence-electron chi connectivity index (χ4n) is 2.59. The van der Waals surface area contributed by atoms with E-state index >= 15 is 0 Å². The van der Waals surface area contributed by atoms with Crippen molar-refractivity contribution in [2.45, 2.75) is 31.7 Å². The third-order valence-corrected chi connectivity index (χ3v) is 3.55. The number of nitrogens with zero attached hydrogens (tertiary/aromatic N) is 4. The normalized spacial score (nSPS) is 21.7. The first-order chi connectivity index (χ1) is 10.2. The lowest BCUT2D eigenvalue weighted by molar-refractivity contribution is -0.0223. The van der Waals surface area contributed by atoms with E-state index in [1.807, 2.05) is 0 Å². The summed E-state index contributed by atoms with van der Waals surface area (Å²) in [5.41, 5.74) is 6.21. The molecule has 2 unspecified atom stereocenters. The van der Waals surface area contributed by atoms with E-state index in [2.05, 4.69) is 15.9 Å². The van der Waals surface area contributed by atoms with E-state index in [1.54, 1.807) is 0 Å². The van der Waals surface area contributed by atoms with Crippen LogP contribution in [0, 0.1) is 12.3 Å². The number of rotatable bonds is 3. The smallest absolute Gasteiger partial charge is 0.333 e. The van der Waals surface area contributed by atoms with Crippen LogP contribution in [-0.2, 0) is 11.3 Å². The topological polar surface area (TPSA) is 108 Å². The summed E-state index contributed by atoms with van der Waals surface area (Å²) in [6, 6.07) is 0. The first-order valence-electron chi connectivity index (χ1n) is 6.58. The van der Waals surface area contributed by atoms with Crippen LogP contribution in [0.15, 0.2) is 11.0 Å².